The van der Waals surface area contributed by atoms with Crippen molar-refractivity contribution in [3.8, 4) is 11.3 Å². The number of aromatic nitrogens is 2. The van der Waals surface area contributed by atoms with E-state index in [0.29, 0.717) is 12.2 Å². The number of nitrogens with one attached hydrogen (secondary N) is 2. The molecular formula is C24H28N6O2. The van der Waals surface area contributed by atoms with Gasteiger partial charge in [0.1, 0.15) is 0 Å². The van der Waals surface area contributed by atoms with Gasteiger partial charge >= 0.3 is 0 Å². The van der Waals surface area contributed by atoms with E-state index in [1.807, 2.05) is 18.2 Å². The molecule has 4 N–H and O–H groups in total. The Morgan fingerprint density at radius 1 is 1.09 bits per heavy atom. The number of carbonyl (C=O) groups is 1. The van der Waals surface area contributed by atoms with Crippen LogP contribution in [0.1, 0.15) is 21.6 Å². The molecule has 0 bridgehead atoms. The number of morpholine rings is 1. The molecule has 1 saturated heterocycles. The normalized spacial score (nSPS) is 13.7. The molecule has 166 valence electrons. The Morgan fingerprint density at radius 2 is 1.84 bits per heavy atom. The smallest absolute Gasteiger partial charge is 0.273 e. The number of ether oxygens (including phenoxy) is 1. The second-order valence-corrected chi connectivity index (χ2v) is 7.64. The lowest BCUT2D eigenvalue weighted by molar-refractivity contribution is 0.0959. The number of nitrogen functional groups attached to an aromatic ring is 1. The molecule has 1 aliphatic heterocycles. The largest absolute Gasteiger partial charge is 0.382 e. The number of benzene rings is 2. The molecular weight excluding hydrogens is 404 g/mol. The number of hydrogen-bond donors (Lipinski definition) is 3. The third kappa shape index (κ3) is 5.22. The van der Waals surface area contributed by atoms with Gasteiger partial charge in [-0.25, -0.2) is 9.97 Å². The van der Waals surface area contributed by atoms with Gasteiger partial charge in [0.25, 0.3) is 5.91 Å². The Labute approximate surface area is 187 Å². The van der Waals surface area contributed by atoms with Gasteiger partial charge < -0.3 is 26.0 Å². The first-order chi connectivity index (χ1) is 15.6. The van der Waals surface area contributed by atoms with Gasteiger partial charge in [0.2, 0.25) is 0 Å². The van der Waals surface area contributed by atoms with Crippen molar-refractivity contribution in [2.45, 2.75) is 13.1 Å². The topological polar surface area (TPSA) is 105 Å². The van der Waals surface area contributed by atoms with Crippen molar-refractivity contribution in [2.75, 3.05) is 44.0 Å². The van der Waals surface area contributed by atoms with Crippen molar-refractivity contribution in [3.63, 3.8) is 0 Å². The molecule has 2 aromatic carbocycles. The van der Waals surface area contributed by atoms with E-state index in [9.17, 15) is 4.79 Å². The van der Waals surface area contributed by atoms with Crippen LogP contribution < -0.4 is 21.3 Å². The Kier molecular flexibility index (Phi) is 6.94. The van der Waals surface area contributed by atoms with Crippen LogP contribution in [0.15, 0.2) is 54.7 Å². The Hall–Kier alpha value is -3.49. The highest BCUT2D eigenvalue weighted by Crippen LogP contribution is 2.20. The summed E-state index contributed by atoms with van der Waals surface area (Å²) >= 11 is 0. The number of nitrogens with zero attached hydrogens (tertiary/aromatic N) is 3. The first-order valence-corrected chi connectivity index (χ1v) is 10.7. The number of anilines is 2. The molecule has 0 aliphatic carbocycles. The zero-order valence-corrected chi connectivity index (χ0v) is 18.2. The van der Waals surface area contributed by atoms with E-state index in [1.54, 1.807) is 13.2 Å². The summed E-state index contributed by atoms with van der Waals surface area (Å²) in [6.45, 7) is 4.95. The summed E-state index contributed by atoms with van der Waals surface area (Å²) in [5.74, 6) is -0.236. The predicted octanol–water partition coefficient (Wildman–Crippen LogP) is 2.21. The minimum absolute atomic E-state index is 0.116. The maximum absolute atomic E-state index is 12.0. The van der Waals surface area contributed by atoms with Gasteiger partial charge in [0, 0.05) is 44.5 Å². The first-order valence-electron chi connectivity index (χ1n) is 10.7. The predicted molar refractivity (Wildman–Crippen MR) is 125 cm³/mol. The summed E-state index contributed by atoms with van der Waals surface area (Å²) in [7, 11) is 1.54. The fourth-order valence-electron chi connectivity index (χ4n) is 3.66. The first kappa shape index (κ1) is 21.7. The van der Waals surface area contributed by atoms with E-state index >= 15 is 0 Å². The minimum Gasteiger partial charge on any atom is -0.382 e. The molecule has 0 spiro atoms. The van der Waals surface area contributed by atoms with Gasteiger partial charge in [0.15, 0.2) is 11.5 Å². The summed E-state index contributed by atoms with van der Waals surface area (Å²) in [5, 5.41) is 6.03. The SMILES string of the molecule is CNC(=O)c1nc(-c2cccc(CNCc3ccc(N4CCOCC4)cc3)c2)cnc1N. The van der Waals surface area contributed by atoms with Gasteiger partial charge in [-0.2, -0.15) is 0 Å². The van der Waals surface area contributed by atoms with Gasteiger partial charge in [0.05, 0.1) is 25.1 Å². The van der Waals surface area contributed by atoms with Gasteiger partial charge in [-0.3, -0.25) is 4.79 Å². The number of amides is 1. The lowest BCUT2D eigenvalue weighted by atomic mass is 10.1. The zero-order chi connectivity index (χ0) is 22.3. The Morgan fingerprint density at radius 3 is 2.59 bits per heavy atom. The average molecular weight is 433 g/mol. The van der Waals surface area contributed by atoms with Crippen molar-refractivity contribution in [3.05, 3.63) is 71.5 Å². The summed E-state index contributed by atoms with van der Waals surface area (Å²) in [5.41, 5.74) is 11.0. The molecule has 0 atom stereocenters. The molecule has 32 heavy (non-hydrogen) atoms. The second-order valence-electron chi connectivity index (χ2n) is 7.64. The monoisotopic (exact) mass is 432 g/mol. The molecule has 8 nitrogen and oxygen atoms in total. The molecule has 1 fully saturated rings. The van der Waals surface area contributed by atoms with Crippen LogP contribution in [0.3, 0.4) is 0 Å². The second kappa shape index (κ2) is 10.2. The average Bonchev–Trinajstić information content (AvgIpc) is 2.85. The highest BCUT2D eigenvalue weighted by Gasteiger charge is 2.13. The number of nitrogens with two attached hydrogens (primary N) is 1. The van der Waals surface area contributed by atoms with Crippen LogP contribution in [0.5, 0.6) is 0 Å². The Balaban J connectivity index is 1.37. The molecule has 0 saturated carbocycles. The van der Waals surface area contributed by atoms with E-state index in [2.05, 4.69) is 55.8 Å². The van der Waals surface area contributed by atoms with E-state index in [4.69, 9.17) is 10.5 Å². The number of hydrogen-bond acceptors (Lipinski definition) is 7. The highest BCUT2D eigenvalue weighted by atomic mass is 16.5. The summed E-state index contributed by atoms with van der Waals surface area (Å²) in [6, 6.07) is 16.7. The molecule has 0 radical (unpaired) electrons. The van der Waals surface area contributed by atoms with Crippen molar-refractivity contribution < 1.29 is 9.53 Å². The molecule has 0 unspecified atom stereocenters. The standard InChI is InChI=1S/C24H28N6O2/c1-26-24(31)22-23(25)28-16-21(29-22)19-4-2-3-18(13-19)15-27-14-17-5-7-20(8-6-17)30-9-11-32-12-10-30/h2-8,13,16,27H,9-12,14-15H2,1H3,(H2,25,28)(H,26,31). The zero-order valence-electron chi connectivity index (χ0n) is 18.2. The fraction of sp³-hybridized carbons (Fsp3) is 0.292. The van der Waals surface area contributed by atoms with Crippen LogP contribution in [0.25, 0.3) is 11.3 Å². The van der Waals surface area contributed by atoms with Crippen LogP contribution in [-0.2, 0) is 17.8 Å². The van der Waals surface area contributed by atoms with E-state index in [1.165, 1.54) is 11.3 Å². The molecule has 3 aromatic rings. The fourth-order valence-corrected chi connectivity index (χ4v) is 3.66. The van der Waals surface area contributed by atoms with Gasteiger partial charge in [-0.05, 0) is 29.3 Å². The third-order valence-electron chi connectivity index (χ3n) is 5.44. The highest BCUT2D eigenvalue weighted by molar-refractivity contribution is 5.96. The number of rotatable bonds is 7. The van der Waals surface area contributed by atoms with Gasteiger partial charge in [-0.1, -0.05) is 30.3 Å². The van der Waals surface area contributed by atoms with E-state index < -0.39 is 0 Å². The maximum Gasteiger partial charge on any atom is 0.273 e. The lowest BCUT2D eigenvalue weighted by Gasteiger charge is -2.28. The molecule has 4 rings (SSSR count). The number of carbonyl (C=O) groups excluding carboxylic acids is 1. The van der Waals surface area contributed by atoms with Crippen molar-refractivity contribution in [1.82, 2.24) is 20.6 Å². The van der Waals surface area contributed by atoms with Crippen LogP contribution in [0.2, 0.25) is 0 Å². The minimum atomic E-state index is -0.352. The van der Waals surface area contributed by atoms with Crippen LogP contribution >= 0.6 is 0 Å². The Bertz CT molecular complexity index is 1060. The van der Waals surface area contributed by atoms with Gasteiger partial charge in [-0.15, -0.1) is 0 Å². The van der Waals surface area contributed by atoms with E-state index in [-0.39, 0.29) is 17.4 Å². The van der Waals surface area contributed by atoms with Crippen LogP contribution in [0.4, 0.5) is 11.5 Å². The maximum atomic E-state index is 12.0. The van der Waals surface area contributed by atoms with Crippen molar-refractivity contribution in [1.29, 1.82) is 0 Å². The van der Waals surface area contributed by atoms with Crippen LogP contribution in [-0.4, -0.2) is 49.2 Å². The van der Waals surface area contributed by atoms with Crippen LogP contribution in [0, 0.1) is 0 Å². The third-order valence-corrected chi connectivity index (χ3v) is 5.44. The summed E-state index contributed by atoms with van der Waals surface area (Å²) < 4.78 is 5.42. The molecule has 1 aromatic heterocycles. The quantitative estimate of drug-likeness (QED) is 0.526. The van der Waals surface area contributed by atoms with Crippen molar-refractivity contribution in [2.24, 2.45) is 0 Å². The molecule has 2 heterocycles. The summed E-state index contributed by atoms with van der Waals surface area (Å²) in [6.07, 6.45) is 1.59. The van der Waals surface area contributed by atoms with Crippen molar-refractivity contribution >= 4 is 17.4 Å². The molecule has 1 aliphatic rings. The lowest BCUT2D eigenvalue weighted by Crippen LogP contribution is -2.36. The molecule has 8 heteroatoms. The van der Waals surface area contributed by atoms with E-state index in [0.717, 1.165) is 44.0 Å². The summed E-state index contributed by atoms with van der Waals surface area (Å²) in [4.78, 5) is 22.8. The molecule has 1 amide bonds.